The maximum absolute atomic E-state index is 12.3. The summed E-state index contributed by atoms with van der Waals surface area (Å²) in [6.07, 6.45) is 0.808. The third-order valence-corrected chi connectivity index (χ3v) is 3.98. The van der Waals surface area contributed by atoms with Crippen molar-refractivity contribution in [1.29, 1.82) is 0 Å². The monoisotopic (exact) mass is 301 g/mol. The average Bonchev–Trinajstić information content (AvgIpc) is 2.63. The Balaban J connectivity index is 2.10. The maximum atomic E-state index is 12.3. The van der Waals surface area contributed by atoms with Crippen molar-refractivity contribution in [2.75, 3.05) is 6.54 Å². The van der Waals surface area contributed by atoms with E-state index in [1.54, 1.807) is 6.07 Å². The van der Waals surface area contributed by atoms with E-state index in [9.17, 15) is 13.2 Å². The van der Waals surface area contributed by atoms with Gasteiger partial charge >= 0.3 is 6.36 Å². The molecular formula is C16H22F3NO. The predicted molar refractivity (Wildman–Crippen MR) is 76.4 cm³/mol. The van der Waals surface area contributed by atoms with Gasteiger partial charge in [-0.15, -0.1) is 13.2 Å². The largest absolute Gasteiger partial charge is 0.573 e. The molecule has 1 aliphatic rings. The molecule has 0 spiro atoms. The van der Waals surface area contributed by atoms with Crippen molar-refractivity contribution >= 4 is 0 Å². The van der Waals surface area contributed by atoms with Crippen molar-refractivity contribution in [3.8, 4) is 5.75 Å². The van der Waals surface area contributed by atoms with Gasteiger partial charge in [0.25, 0.3) is 0 Å². The highest BCUT2D eigenvalue weighted by Gasteiger charge is 2.31. The van der Waals surface area contributed by atoms with Crippen LogP contribution in [0.15, 0.2) is 24.3 Å². The topological polar surface area (TPSA) is 21.3 Å². The van der Waals surface area contributed by atoms with Crippen molar-refractivity contribution < 1.29 is 17.9 Å². The smallest absolute Gasteiger partial charge is 0.406 e. The first-order valence-corrected chi connectivity index (χ1v) is 7.57. The van der Waals surface area contributed by atoms with Gasteiger partial charge < -0.3 is 10.1 Å². The fourth-order valence-corrected chi connectivity index (χ4v) is 3.10. The molecule has 0 aliphatic heterocycles. The molecule has 5 heteroatoms. The number of hydrogen-bond acceptors (Lipinski definition) is 2. The standard InChI is InChI=1S/C16H22F3NO/c1-2-20-14-8-4-3-6-12(10-14)13-7-5-9-15(11-13)21-16(17,18)19/h5,7,9,11-12,14,20H,2-4,6,8,10H2,1H3. The lowest BCUT2D eigenvalue weighted by Gasteiger charge is -2.21. The lowest BCUT2D eigenvalue weighted by molar-refractivity contribution is -0.274. The predicted octanol–water partition coefficient (Wildman–Crippen LogP) is 4.61. The third kappa shape index (κ3) is 5.23. The van der Waals surface area contributed by atoms with E-state index >= 15 is 0 Å². The van der Waals surface area contributed by atoms with Crippen molar-refractivity contribution in [1.82, 2.24) is 5.32 Å². The summed E-state index contributed by atoms with van der Waals surface area (Å²) in [6, 6.07) is 6.89. The summed E-state index contributed by atoms with van der Waals surface area (Å²) in [5.41, 5.74) is 0.946. The minimum atomic E-state index is -4.63. The molecule has 0 aromatic heterocycles. The highest BCUT2D eigenvalue weighted by Crippen LogP contribution is 2.34. The van der Waals surface area contributed by atoms with Crippen LogP contribution in [0.2, 0.25) is 0 Å². The maximum Gasteiger partial charge on any atom is 0.573 e. The van der Waals surface area contributed by atoms with Gasteiger partial charge in [-0.1, -0.05) is 31.9 Å². The number of halogens is 3. The molecule has 0 radical (unpaired) electrons. The van der Waals surface area contributed by atoms with Gasteiger partial charge in [-0.3, -0.25) is 0 Å². The van der Waals surface area contributed by atoms with Crippen molar-refractivity contribution in [3.63, 3.8) is 0 Å². The van der Waals surface area contributed by atoms with Gasteiger partial charge in [0.05, 0.1) is 0 Å². The van der Waals surface area contributed by atoms with Gasteiger partial charge in [-0.05, 0) is 49.4 Å². The summed E-state index contributed by atoms with van der Waals surface area (Å²) in [4.78, 5) is 0. The molecule has 0 saturated heterocycles. The van der Waals surface area contributed by atoms with Crippen LogP contribution in [0.25, 0.3) is 0 Å². The molecule has 1 aromatic rings. The van der Waals surface area contributed by atoms with E-state index in [-0.39, 0.29) is 5.75 Å². The fourth-order valence-electron chi connectivity index (χ4n) is 3.10. The molecule has 1 aromatic carbocycles. The zero-order valence-electron chi connectivity index (χ0n) is 12.2. The molecular weight excluding hydrogens is 279 g/mol. The normalized spacial score (nSPS) is 23.6. The minimum absolute atomic E-state index is 0.121. The number of alkyl halides is 3. The van der Waals surface area contributed by atoms with Crippen LogP contribution in [-0.4, -0.2) is 18.9 Å². The zero-order chi connectivity index (χ0) is 15.3. The van der Waals surface area contributed by atoms with E-state index < -0.39 is 6.36 Å². The molecule has 1 N–H and O–H groups in total. The molecule has 2 unspecified atom stereocenters. The first-order chi connectivity index (χ1) is 9.98. The molecule has 0 heterocycles. The van der Waals surface area contributed by atoms with Crippen molar-refractivity contribution in [3.05, 3.63) is 29.8 Å². The second kappa shape index (κ2) is 7.16. The number of hydrogen-bond donors (Lipinski definition) is 1. The van der Waals surface area contributed by atoms with Crippen molar-refractivity contribution in [2.24, 2.45) is 0 Å². The molecule has 1 fully saturated rings. The first kappa shape index (κ1) is 16.1. The number of nitrogens with one attached hydrogen (secondary N) is 1. The summed E-state index contributed by atoms with van der Waals surface area (Å²) in [5, 5.41) is 3.47. The number of ether oxygens (including phenoxy) is 1. The second-order valence-electron chi connectivity index (χ2n) is 5.59. The zero-order valence-corrected chi connectivity index (χ0v) is 12.2. The van der Waals surface area contributed by atoms with Crippen LogP contribution in [0.1, 0.15) is 50.5 Å². The van der Waals surface area contributed by atoms with Crippen LogP contribution < -0.4 is 10.1 Å². The summed E-state index contributed by atoms with van der Waals surface area (Å²) in [7, 11) is 0. The number of rotatable bonds is 4. The molecule has 0 amide bonds. The van der Waals surface area contributed by atoms with Gasteiger partial charge in [-0.2, -0.15) is 0 Å². The van der Waals surface area contributed by atoms with Gasteiger partial charge in [0.15, 0.2) is 0 Å². The van der Waals surface area contributed by atoms with Gasteiger partial charge in [-0.25, -0.2) is 0 Å². The van der Waals surface area contributed by atoms with Crippen LogP contribution >= 0.6 is 0 Å². The summed E-state index contributed by atoms with van der Waals surface area (Å²) in [6.45, 7) is 3.01. The SMILES string of the molecule is CCNC1CCCCC(c2cccc(OC(F)(F)F)c2)C1. The highest BCUT2D eigenvalue weighted by molar-refractivity contribution is 5.31. The third-order valence-electron chi connectivity index (χ3n) is 3.98. The molecule has 2 atom stereocenters. The Kier molecular flexibility index (Phi) is 5.51. The number of benzene rings is 1. The Morgan fingerprint density at radius 3 is 2.71 bits per heavy atom. The molecule has 1 saturated carbocycles. The molecule has 2 rings (SSSR count). The van der Waals surface area contributed by atoms with E-state index in [1.807, 2.05) is 6.07 Å². The average molecular weight is 301 g/mol. The Bertz CT molecular complexity index is 447. The molecule has 21 heavy (non-hydrogen) atoms. The Morgan fingerprint density at radius 2 is 2.00 bits per heavy atom. The Morgan fingerprint density at radius 1 is 1.24 bits per heavy atom. The van der Waals surface area contributed by atoms with Gasteiger partial charge in [0.2, 0.25) is 0 Å². The van der Waals surface area contributed by atoms with Crippen LogP contribution in [0.4, 0.5) is 13.2 Å². The van der Waals surface area contributed by atoms with Crippen LogP contribution in [0.3, 0.4) is 0 Å². The summed E-state index contributed by atoms with van der Waals surface area (Å²) in [5.74, 6) is 0.178. The highest BCUT2D eigenvalue weighted by atomic mass is 19.4. The minimum Gasteiger partial charge on any atom is -0.406 e. The van der Waals surface area contributed by atoms with E-state index in [0.717, 1.165) is 37.8 Å². The van der Waals surface area contributed by atoms with Crippen LogP contribution in [0.5, 0.6) is 5.75 Å². The summed E-state index contributed by atoms with van der Waals surface area (Å²) < 4.78 is 41.0. The van der Waals surface area contributed by atoms with Gasteiger partial charge in [0, 0.05) is 6.04 Å². The molecule has 118 valence electrons. The van der Waals surface area contributed by atoms with Gasteiger partial charge in [0.1, 0.15) is 5.75 Å². The van der Waals surface area contributed by atoms with E-state index in [1.165, 1.54) is 18.6 Å². The quantitative estimate of drug-likeness (QED) is 0.820. The van der Waals surface area contributed by atoms with Crippen LogP contribution in [-0.2, 0) is 0 Å². The lowest BCUT2D eigenvalue weighted by atomic mass is 9.90. The Labute approximate surface area is 123 Å². The fraction of sp³-hybridized carbons (Fsp3) is 0.625. The summed E-state index contributed by atoms with van der Waals surface area (Å²) >= 11 is 0. The van der Waals surface area contributed by atoms with E-state index in [2.05, 4.69) is 17.0 Å². The van der Waals surface area contributed by atoms with Crippen LogP contribution in [0, 0.1) is 0 Å². The molecule has 2 nitrogen and oxygen atoms in total. The second-order valence-corrected chi connectivity index (χ2v) is 5.59. The van der Waals surface area contributed by atoms with Crippen molar-refractivity contribution in [2.45, 2.75) is 57.3 Å². The van der Waals surface area contributed by atoms with E-state index in [0.29, 0.717) is 12.0 Å². The van der Waals surface area contributed by atoms with E-state index in [4.69, 9.17) is 0 Å². The first-order valence-electron chi connectivity index (χ1n) is 7.57. The molecule has 1 aliphatic carbocycles. The lowest BCUT2D eigenvalue weighted by Crippen LogP contribution is -2.29. The molecule has 0 bridgehead atoms. The Hall–Kier alpha value is -1.23.